The predicted molar refractivity (Wildman–Crippen MR) is 66.9 cm³/mol. The van der Waals surface area contributed by atoms with E-state index in [2.05, 4.69) is 0 Å². The van der Waals surface area contributed by atoms with Crippen LogP contribution in [0.1, 0.15) is 32.6 Å². The highest BCUT2D eigenvalue weighted by molar-refractivity contribution is 7.86. The third-order valence-electron chi connectivity index (χ3n) is 2.79. The molecule has 0 radical (unpaired) electrons. The monoisotopic (exact) mass is 268 g/mol. The summed E-state index contributed by atoms with van der Waals surface area (Å²) in [4.78, 5) is 0. The normalized spacial score (nSPS) is 22.0. The van der Waals surface area contributed by atoms with E-state index >= 15 is 0 Å². The lowest BCUT2D eigenvalue weighted by Crippen LogP contribution is -2.44. The zero-order valence-corrected chi connectivity index (χ0v) is 11.6. The summed E-state index contributed by atoms with van der Waals surface area (Å²) in [5.74, 6) is 0. The molecule has 1 fully saturated rings. The van der Waals surface area contributed by atoms with Gasteiger partial charge < -0.3 is 0 Å². The van der Waals surface area contributed by atoms with Gasteiger partial charge in [-0.15, -0.1) is 11.6 Å². The number of alkyl halides is 1. The zero-order valence-electron chi connectivity index (χ0n) is 10.0. The molecule has 6 heteroatoms. The Morgan fingerprint density at radius 2 is 1.75 bits per heavy atom. The van der Waals surface area contributed by atoms with E-state index in [-0.39, 0.29) is 5.38 Å². The molecule has 0 saturated carbocycles. The van der Waals surface area contributed by atoms with Crippen molar-refractivity contribution in [1.29, 1.82) is 0 Å². The van der Waals surface area contributed by atoms with Gasteiger partial charge in [-0.3, -0.25) is 0 Å². The first kappa shape index (κ1) is 14.2. The maximum Gasteiger partial charge on any atom is 0.281 e. The standard InChI is InChI=1S/C10H21ClN2O2S/c1-10(11)9-12(2)16(14,15)13-7-5-3-4-6-8-13/h10H,3-9H2,1-2H3. The number of hydrogen-bond acceptors (Lipinski definition) is 2. The molecule has 0 aromatic carbocycles. The van der Waals surface area contributed by atoms with Crippen molar-refractivity contribution in [3.63, 3.8) is 0 Å². The minimum Gasteiger partial charge on any atom is -0.195 e. The molecule has 0 aliphatic carbocycles. The van der Waals surface area contributed by atoms with Crippen molar-refractivity contribution >= 4 is 21.8 Å². The van der Waals surface area contributed by atoms with Crippen LogP contribution in [0.2, 0.25) is 0 Å². The zero-order chi connectivity index (χ0) is 12.2. The van der Waals surface area contributed by atoms with Gasteiger partial charge in [0.15, 0.2) is 0 Å². The third-order valence-corrected chi connectivity index (χ3v) is 4.89. The van der Waals surface area contributed by atoms with Gasteiger partial charge in [0.25, 0.3) is 10.2 Å². The van der Waals surface area contributed by atoms with Crippen LogP contribution in [0, 0.1) is 0 Å². The van der Waals surface area contributed by atoms with Crippen molar-refractivity contribution in [2.75, 3.05) is 26.7 Å². The summed E-state index contributed by atoms with van der Waals surface area (Å²) < 4.78 is 27.3. The average Bonchev–Trinajstić information content (AvgIpc) is 2.44. The highest BCUT2D eigenvalue weighted by atomic mass is 35.5. The molecule has 1 rings (SSSR count). The summed E-state index contributed by atoms with van der Waals surface area (Å²) >= 11 is 5.83. The number of nitrogens with zero attached hydrogens (tertiary/aromatic N) is 2. The van der Waals surface area contributed by atoms with Crippen LogP contribution in [0.15, 0.2) is 0 Å². The fourth-order valence-corrected chi connectivity index (χ4v) is 3.73. The molecular formula is C10H21ClN2O2S. The topological polar surface area (TPSA) is 40.6 Å². The molecule has 0 aromatic heterocycles. The quantitative estimate of drug-likeness (QED) is 0.728. The summed E-state index contributed by atoms with van der Waals surface area (Å²) in [6.07, 6.45) is 4.18. The first-order valence-electron chi connectivity index (χ1n) is 5.80. The van der Waals surface area contributed by atoms with E-state index in [0.29, 0.717) is 19.6 Å². The summed E-state index contributed by atoms with van der Waals surface area (Å²) in [5.41, 5.74) is 0. The van der Waals surface area contributed by atoms with Gasteiger partial charge >= 0.3 is 0 Å². The van der Waals surface area contributed by atoms with Crippen molar-refractivity contribution < 1.29 is 8.42 Å². The Hall–Kier alpha value is 0.160. The Bertz CT molecular complexity index is 298. The van der Waals surface area contributed by atoms with Crippen LogP contribution in [-0.4, -0.2) is 49.1 Å². The maximum atomic E-state index is 12.2. The molecule has 1 unspecified atom stereocenters. The van der Waals surface area contributed by atoms with Crippen molar-refractivity contribution in [2.24, 2.45) is 0 Å². The van der Waals surface area contributed by atoms with Crippen molar-refractivity contribution in [2.45, 2.75) is 38.0 Å². The smallest absolute Gasteiger partial charge is 0.195 e. The second-order valence-electron chi connectivity index (χ2n) is 4.38. The number of rotatable bonds is 4. The molecule has 0 bridgehead atoms. The average molecular weight is 269 g/mol. The lowest BCUT2D eigenvalue weighted by molar-refractivity contribution is 0.366. The molecule has 0 N–H and O–H groups in total. The Labute approximate surface area is 104 Å². The largest absolute Gasteiger partial charge is 0.281 e. The third kappa shape index (κ3) is 3.87. The van der Waals surface area contributed by atoms with E-state index < -0.39 is 10.2 Å². The molecule has 1 saturated heterocycles. The van der Waals surface area contributed by atoms with Crippen LogP contribution >= 0.6 is 11.6 Å². The molecule has 1 aliphatic rings. The molecule has 96 valence electrons. The van der Waals surface area contributed by atoms with Crippen LogP contribution in [0.5, 0.6) is 0 Å². The fourth-order valence-electron chi connectivity index (χ4n) is 1.92. The minimum atomic E-state index is -3.30. The van der Waals surface area contributed by atoms with Gasteiger partial charge in [0.1, 0.15) is 0 Å². The minimum absolute atomic E-state index is 0.160. The van der Waals surface area contributed by atoms with Crippen LogP contribution in [-0.2, 0) is 10.2 Å². The second kappa shape index (κ2) is 6.19. The molecule has 0 aromatic rings. The van der Waals surface area contributed by atoms with Crippen molar-refractivity contribution in [1.82, 2.24) is 8.61 Å². The second-order valence-corrected chi connectivity index (χ2v) is 7.16. The van der Waals surface area contributed by atoms with E-state index in [0.717, 1.165) is 25.7 Å². The number of halogens is 1. The Morgan fingerprint density at radius 1 is 1.25 bits per heavy atom. The summed E-state index contributed by atoms with van der Waals surface area (Å²) in [6, 6.07) is 0. The molecule has 1 atom stereocenters. The molecule has 16 heavy (non-hydrogen) atoms. The van der Waals surface area contributed by atoms with Crippen LogP contribution in [0.25, 0.3) is 0 Å². The molecule has 0 spiro atoms. The van der Waals surface area contributed by atoms with Gasteiger partial charge in [0.2, 0.25) is 0 Å². The molecular weight excluding hydrogens is 248 g/mol. The van der Waals surface area contributed by atoms with Crippen LogP contribution in [0.4, 0.5) is 0 Å². The lowest BCUT2D eigenvalue weighted by Gasteiger charge is -2.26. The van der Waals surface area contributed by atoms with E-state index in [9.17, 15) is 8.42 Å². The molecule has 4 nitrogen and oxygen atoms in total. The molecule has 0 amide bonds. The van der Waals surface area contributed by atoms with Gasteiger partial charge in [0.05, 0.1) is 0 Å². The Morgan fingerprint density at radius 3 is 2.19 bits per heavy atom. The van der Waals surface area contributed by atoms with Crippen LogP contribution in [0.3, 0.4) is 0 Å². The molecule has 1 heterocycles. The maximum absolute atomic E-state index is 12.2. The highest BCUT2D eigenvalue weighted by Gasteiger charge is 2.27. The van der Waals surface area contributed by atoms with E-state index in [1.54, 1.807) is 18.3 Å². The molecule has 1 aliphatic heterocycles. The lowest BCUT2D eigenvalue weighted by atomic mass is 10.2. The van der Waals surface area contributed by atoms with Crippen molar-refractivity contribution in [3.8, 4) is 0 Å². The predicted octanol–water partition coefficient (Wildman–Crippen LogP) is 1.67. The fraction of sp³-hybridized carbons (Fsp3) is 1.00. The van der Waals surface area contributed by atoms with E-state index in [1.807, 2.05) is 0 Å². The number of hydrogen-bond donors (Lipinski definition) is 0. The first-order chi connectivity index (χ1) is 7.44. The van der Waals surface area contributed by atoms with Crippen molar-refractivity contribution in [3.05, 3.63) is 0 Å². The first-order valence-corrected chi connectivity index (χ1v) is 7.63. The summed E-state index contributed by atoms with van der Waals surface area (Å²) in [5, 5.41) is -0.160. The van der Waals surface area contributed by atoms with E-state index in [4.69, 9.17) is 11.6 Å². The Kier molecular flexibility index (Phi) is 5.50. The summed E-state index contributed by atoms with van der Waals surface area (Å²) in [7, 11) is -1.70. The van der Waals surface area contributed by atoms with Gasteiger partial charge in [-0.05, 0) is 19.8 Å². The van der Waals surface area contributed by atoms with Gasteiger partial charge in [-0.2, -0.15) is 17.0 Å². The van der Waals surface area contributed by atoms with Gasteiger partial charge in [-0.1, -0.05) is 12.8 Å². The van der Waals surface area contributed by atoms with Gasteiger partial charge in [-0.25, -0.2) is 0 Å². The van der Waals surface area contributed by atoms with Crippen LogP contribution < -0.4 is 0 Å². The highest BCUT2D eigenvalue weighted by Crippen LogP contribution is 2.16. The Balaban J connectivity index is 2.67. The van der Waals surface area contributed by atoms with Gasteiger partial charge in [0, 0.05) is 32.1 Å². The summed E-state index contributed by atoms with van der Waals surface area (Å²) in [6.45, 7) is 3.45. The van der Waals surface area contributed by atoms with E-state index in [1.165, 1.54) is 4.31 Å². The SMILES string of the molecule is CC(Cl)CN(C)S(=O)(=O)N1CCCCCC1.